The molecule has 0 aromatic carbocycles. The average Bonchev–Trinajstić information content (AvgIpc) is 2.84. The third-order valence-corrected chi connectivity index (χ3v) is 3.65. The van der Waals surface area contributed by atoms with Crippen LogP contribution in [0.15, 0.2) is 0 Å². The van der Waals surface area contributed by atoms with Crippen LogP contribution in [-0.2, 0) is 9.53 Å². The molecule has 0 aromatic heterocycles. The lowest BCUT2D eigenvalue weighted by molar-refractivity contribution is -0.139. The van der Waals surface area contributed by atoms with Crippen LogP contribution < -0.4 is 5.32 Å². The molecule has 7 heteroatoms. The zero-order chi connectivity index (χ0) is 15.8. The summed E-state index contributed by atoms with van der Waals surface area (Å²) in [6.07, 6.45) is 2.91. The molecule has 0 bridgehead atoms. The Balaban J connectivity index is 2.53. The van der Waals surface area contributed by atoms with Crippen molar-refractivity contribution in [2.45, 2.75) is 37.8 Å². The van der Waals surface area contributed by atoms with Crippen LogP contribution >= 0.6 is 0 Å². The number of nitrogens with zero attached hydrogens (tertiary/aromatic N) is 2. The van der Waals surface area contributed by atoms with Gasteiger partial charge in [-0.1, -0.05) is 0 Å². The van der Waals surface area contributed by atoms with Gasteiger partial charge < -0.3 is 25.0 Å². The lowest BCUT2D eigenvalue weighted by atomic mass is 10.1. The number of likely N-dealkylation sites (N-methyl/N-ethyl adjacent to an activating group) is 1. The van der Waals surface area contributed by atoms with Gasteiger partial charge in [-0.3, -0.25) is 0 Å². The number of ether oxygens (including phenoxy) is 1. The minimum Gasteiger partial charge on any atom is -0.480 e. The molecular formula is C14H27N3O4. The third-order valence-electron chi connectivity index (χ3n) is 3.65. The smallest absolute Gasteiger partial charge is 0.326 e. The van der Waals surface area contributed by atoms with Crippen LogP contribution in [0.1, 0.15) is 25.7 Å². The Morgan fingerprint density at radius 3 is 2.76 bits per heavy atom. The summed E-state index contributed by atoms with van der Waals surface area (Å²) in [6, 6.07) is -0.967. The number of carboxylic acids is 1. The molecule has 1 fully saturated rings. The summed E-state index contributed by atoms with van der Waals surface area (Å²) in [5.74, 6) is -0.997. The maximum atomic E-state index is 12.3. The molecule has 1 heterocycles. The molecule has 1 rings (SSSR count). The van der Waals surface area contributed by atoms with Gasteiger partial charge in [0.15, 0.2) is 0 Å². The SMILES string of the molecule is COCCCC(NC(=O)N1CCCC1CN(C)C)C(=O)O. The van der Waals surface area contributed by atoms with E-state index >= 15 is 0 Å². The molecule has 1 aliphatic rings. The molecule has 21 heavy (non-hydrogen) atoms. The number of nitrogens with one attached hydrogen (secondary N) is 1. The summed E-state index contributed by atoms with van der Waals surface area (Å²) < 4.78 is 4.92. The van der Waals surface area contributed by atoms with E-state index in [0.29, 0.717) is 26.0 Å². The number of methoxy groups -OCH3 is 1. The Bertz CT molecular complexity index is 349. The monoisotopic (exact) mass is 301 g/mol. The molecular weight excluding hydrogens is 274 g/mol. The first-order valence-electron chi connectivity index (χ1n) is 7.39. The number of urea groups is 1. The van der Waals surface area contributed by atoms with Crippen molar-refractivity contribution in [2.24, 2.45) is 0 Å². The predicted octanol–water partition coefficient (Wildman–Crippen LogP) is 0.602. The molecule has 0 saturated carbocycles. The second-order valence-corrected chi connectivity index (χ2v) is 5.73. The van der Waals surface area contributed by atoms with E-state index in [9.17, 15) is 14.7 Å². The number of carboxylic acid groups (broad SMARTS) is 1. The fraction of sp³-hybridized carbons (Fsp3) is 0.857. The highest BCUT2D eigenvalue weighted by molar-refractivity contribution is 5.82. The van der Waals surface area contributed by atoms with Gasteiger partial charge in [0.05, 0.1) is 0 Å². The highest BCUT2D eigenvalue weighted by atomic mass is 16.5. The van der Waals surface area contributed by atoms with Crippen molar-refractivity contribution < 1.29 is 19.4 Å². The summed E-state index contributed by atoms with van der Waals surface area (Å²) in [4.78, 5) is 27.3. The van der Waals surface area contributed by atoms with Crippen LogP contribution in [0.3, 0.4) is 0 Å². The van der Waals surface area contributed by atoms with Crippen molar-refractivity contribution in [3.63, 3.8) is 0 Å². The Kier molecular flexibility index (Phi) is 7.45. The van der Waals surface area contributed by atoms with Gasteiger partial charge in [0.2, 0.25) is 0 Å². The van der Waals surface area contributed by atoms with Crippen molar-refractivity contribution in [3.05, 3.63) is 0 Å². The Labute approximate surface area is 126 Å². The van der Waals surface area contributed by atoms with Crippen LogP contribution in [0.4, 0.5) is 4.79 Å². The van der Waals surface area contributed by atoms with Gasteiger partial charge in [-0.25, -0.2) is 9.59 Å². The second kappa shape index (κ2) is 8.84. The number of hydrogen-bond acceptors (Lipinski definition) is 4. The van der Waals surface area contributed by atoms with E-state index in [1.807, 2.05) is 19.0 Å². The van der Waals surface area contributed by atoms with E-state index in [4.69, 9.17) is 4.74 Å². The lowest BCUT2D eigenvalue weighted by Crippen LogP contribution is -2.51. The van der Waals surface area contributed by atoms with E-state index in [2.05, 4.69) is 5.32 Å². The lowest BCUT2D eigenvalue weighted by Gasteiger charge is -2.28. The van der Waals surface area contributed by atoms with Gasteiger partial charge in [0.25, 0.3) is 0 Å². The Morgan fingerprint density at radius 1 is 1.48 bits per heavy atom. The van der Waals surface area contributed by atoms with Gasteiger partial charge in [-0.05, 0) is 39.8 Å². The fourth-order valence-corrected chi connectivity index (χ4v) is 2.64. The van der Waals surface area contributed by atoms with Crippen LogP contribution in [0.2, 0.25) is 0 Å². The summed E-state index contributed by atoms with van der Waals surface area (Å²) in [7, 11) is 5.52. The van der Waals surface area contributed by atoms with Crippen LogP contribution in [0.5, 0.6) is 0 Å². The van der Waals surface area contributed by atoms with Gasteiger partial charge in [-0.15, -0.1) is 0 Å². The standard InChI is InChI=1S/C14H27N3O4/c1-16(2)10-11-6-4-8-17(11)14(20)15-12(13(18)19)7-5-9-21-3/h11-12H,4-10H2,1-3H3,(H,15,20)(H,18,19). The predicted molar refractivity (Wildman–Crippen MR) is 79.3 cm³/mol. The fourth-order valence-electron chi connectivity index (χ4n) is 2.64. The van der Waals surface area contributed by atoms with E-state index < -0.39 is 12.0 Å². The number of rotatable bonds is 8. The number of likely N-dealkylation sites (tertiary alicyclic amines) is 1. The molecule has 122 valence electrons. The van der Waals surface area contributed by atoms with Crippen molar-refractivity contribution in [1.29, 1.82) is 0 Å². The number of aliphatic carboxylic acids is 1. The van der Waals surface area contributed by atoms with Crippen molar-refractivity contribution >= 4 is 12.0 Å². The van der Waals surface area contributed by atoms with Crippen molar-refractivity contribution in [3.8, 4) is 0 Å². The Hall–Kier alpha value is -1.34. The molecule has 7 nitrogen and oxygen atoms in total. The molecule has 0 radical (unpaired) electrons. The van der Waals surface area contributed by atoms with Crippen LogP contribution in [0.25, 0.3) is 0 Å². The minimum absolute atomic E-state index is 0.161. The normalized spacial score (nSPS) is 19.8. The molecule has 1 aliphatic heterocycles. The average molecular weight is 301 g/mol. The highest BCUT2D eigenvalue weighted by Gasteiger charge is 2.31. The molecule has 2 amide bonds. The maximum Gasteiger partial charge on any atom is 0.326 e. The van der Waals surface area contributed by atoms with E-state index in [-0.39, 0.29) is 12.1 Å². The van der Waals surface area contributed by atoms with Gasteiger partial charge in [-0.2, -0.15) is 0 Å². The maximum absolute atomic E-state index is 12.3. The largest absolute Gasteiger partial charge is 0.480 e. The molecule has 1 saturated heterocycles. The van der Waals surface area contributed by atoms with Crippen molar-refractivity contribution in [1.82, 2.24) is 15.1 Å². The number of carbonyl (C=O) groups excluding carboxylic acids is 1. The van der Waals surface area contributed by atoms with Gasteiger partial charge in [0.1, 0.15) is 6.04 Å². The van der Waals surface area contributed by atoms with Crippen molar-refractivity contribution in [2.75, 3.05) is 40.9 Å². The van der Waals surface area contributed by atoms with E-state index in [0.717, 1.165) is 19.4 Å². The molecule has 2 atom stereocenters. The molecule has 2 N–H and O–H groups in total. The second-order valence-electron chi connectivity index (χ2n) is 5.73. The molecule has 0 aliphatic carbocycles. The van der Waals surface area contributed by atoms with Crippen LogP contribution in [-0.4, -0.2) is 79.9 Å². The van der Waals surface area contributed by atoms with Crippen LogP contribution in [0, 0.1) is 0 Å². The molecule has 2 unspecified atom stereocenters. The first kappa shape index (κ1) is 17.7. The Morgan fingerprint density at radius 2 is 2.19 bits per heavy atom. The summed E-state index contributed by atoms with van der Waals surface area (Å²) in [6.45, 7) is 1.98. The number of hydrogen-bond donors (Lipinski definition) is 2. The number of amides is 2. The summed E-state index contributed by atoms with van der Waals surface area (Å²) >= 11 is 0. The van der Waals surface area contributed by atoms with E-state index in [1.165, 1.54) is 0 Å². The topological polar surface area (TPSA) is 82.1 Å². The quantitative estimate of drug-likeness (QED) is 0.642. The van der Waals surface area contributed by atoms with E-state index in [1.54, 1.807) is 12.0 Å². The zero-order valence-electron chi connectivity index (χ0n) is 13.2. The third kappa shape index (κ3) is 5.89. The molecule has 0 spiro atoms. The first-order chi connectivity index (χ1) is 9.95. The van der Waals surface area contributed by atoms with Gasteiger partial charge >= 0.3 is 12.0 Å². The number of carbonyl (C=O) groups is 2. The highest BCUT2D eigenvalue weighted by Crippen LogP contribution is 2.18. The summed E-state index contributed by atoms with van der Waals surface area (Å²) in [5, 5.41) is 11.8. The minimum atomic E-state index is -0.997. The summed E-state index contributed by atoms with van der Waals surface area (Å²) in [5.41, 5.74) is 0. The zero-order valence-corrected chi connectivity index (χ0v) is 13.2. The first-order valence-corrected chi connectivity index (χ1v) is 7.39. The van der Waals surface area contributed by atoms with Gasteiger partial charge in [0, 0.05) is 32.8 Å². The molecule has 0 aromatic rings.